The van der Waals surface area contributed by atoms with Crippen LogP contribution < -0.4 is 10.1 Å². The minimum absolute atomic E-state index is 0.214. The normalized spacial score (nSPS) is 10.5. The fourth-order valence-corrected chi connectivity index (χ4v) is 2.33. The molecule has 0 atom stereocenters. The van der Waals surface area contributed by atoms with Crippen LogP contribution in [0.3, 0.4) is 0 Å². The van der Waals surface area contributed by atoms with Crippen LogP contribution in [0.1, 0.15) is 22.5 Å². The maximum absolute atomic E-state index is 12.2. The summed E-state index contributed by atoms with van der Waals surface area (Å²) in [6.07, 6.45) is 2.52. The van der Waals surface area contributed by atoms with Gasteiger partial charge in [0, 0.05) is 24.3 Å². The lowest BCUT2D eigenvalue weighted by Gasteiger charge is -2.09. The predicted octanol–water partition coefficient (Wildman–Crippen LogP) is 3.33. The lowest BCUT2D eigenvalue weighted by Crippen LogP contribution is -2.25. The SMILES string of the molecule is COc1ccc(Cl)cc1C(=O)NCCCn1cc(Cl)c(C)n1. The fraction of sp³-hybridized carbons (Fsp3) is 0.333. The Labute approximate surface area is 139 Å². The van der Waals surface area contributed by atoms with Gasteiger partial charge in [0.15, 0.2) is 0 Å². The van der Waals surface area contributed by atoms with Crippen LogP contribution in [-0.4, -0.2) is 29.3 Å². The number of halogens is 2. The summed E-state index contributed by atoms with van der Waals surface area (Å²) >= 11 is 11.9. The Balaban J connectivity index is 1.86. The Morgan fingerprint density at radius 1 is 1.41 bits per heavy atom. The summed E-state index contributed by atoms with van der Waals surface area (Å²) in [5.41, 5.74) is 1.22. The van der Waals surface area contributed by atoms with Crippen LogP contribution in [0.15, 0.2) is 24.4 Å². The van der Waals surface area contributed by atoms with E-state index in [0.29, 0.717) is 34.4 Å². The van der Waals surface area contributed by atoms with E-state index >= 15 is 0 Å². The topological polar surface area (TPSA) is 56.1 Å². The number of hydrogen-bond donors (Lipinski definition) is 1. The first-order chi connectivity index (χ1) is 10.5. The number of benzene rings is 1. The molecule has 0 saturated heterocycles. The van der Waals surface area contributed by atoms with Gasteiger partial charge in [-0.2, -0.15) is 5.10 Å². The lowest BCUT2D eigenvalue weighted by molar-refractivity contribution is 0.0949. The zero-order chi connectivity index (χ0) is 16.1. The summed E-state index contributed by atoms with van der Waals surface area (Å²) in [5.74, 6) is 0.283. The molecule has 118 valence electrons. The molecule has 0 aliphatic heterocycles. The molecule has 0 fully saturated rings. The number of carbonyl (C=O) groups excluding carboxylic acids is 1. The second-order valence-corrected chi connectivity index (χ2v) is 5.62. The number of aryl methyl sites for hydroxylation is 2. The molecule has 1 aromatic carbocycles. The molecule has 0 bridgehead atoms. The molecular formula is C15H17Cl2N3O2. The third kappa shape index (κ3) is 4.15. The van der Waals surface area contributed by atoms with Crippen molar-refractivity contribution < 1.29 is 9.53 Å². The summed E-state index contributed by atoms with van der Waals surface area (Å²) in [5, 5.41) is 8.24. The molecule has 2 aromatic rings. The molecular weight excluding hydrogens is 325 g/mol. The lowest BCUT2D eigenvalue weighted by atomic mass is 10.2. The van der Waals surface area contributed by atoms with Crippen molar-refractivity contribution in [3.8, 4) is 5.75 Å². The molecule has 0 spiro atoms. The van der Waals surface area contributed by atoms with Gasteiger partial charge in [0.25, 0.3) is 5.91 Å². The summed E-state index contributed by atoms with van der Waals surface area (Å²) in [4.78, 5) is 12.2. The third-order valence-corrected chi connectivity index (χ3v) is 3.75. The first-order valence-electron chi connectivity index (χ1n) is 6.82. The molecule has 0 aliphatic rings. The third-order valence-electron chi connectivity index (χ3n) is 3.14. The summed E-state index contributed by atoms with van der Waals surface area (Å²) in [6, 6.07) is 4.94. The van der Waals surface area contributed by atoms with E-state index in [9.17, 15) is 4.79 Å². The van der Waals surface area contributed by atoms with Crippen LogP contribution in [0.4, 0.5) is 0 Å². The van der Waals surface area contributed by atoms with Crippen molar-refractivity contribution in [2.75, 3.05) is 13.7 Å². The van der Waals surface area contributed by atoms with Crippen molar-refractivity contribution in [3.05, 3.63) is 45.7 Å². The van der Waals surface area contributed by atoms with E-state index in [2.05, 4.69) is 10.4 Å². The van der Waals surface area contributed by atoms with Crippen LogP contribution in [0.2, 0.25) is 10.0 Å². The highest BCUT2D eigenvalue weighted by molar-refractivity contribution is 6.31. The van der Waals surface area contributed by atoms with Crippen LogP contribution in [0.5, 0.6) is 5.75 Å². The minimum Gasteiger partial charge on any atom is -0.496 e. The highest BCUT2D eigenvalue weighted by Gasteiger charge is 2.12. The van der Waals surface area contributed by atoms with Gasteiger partial charge in [-0.15, -0.1) is 0 Å². The van der Waals surface area contributed by atoms with Gasteiger partial charge in [-0.3, -0.25) is 9.48 Å². The van der Waals surface area contributed by atoms with E-state index in [1.807, 2.05) is 6.92 Å². The van der Waals surface area contributed by atoms with E-state index in [1.54, 1.807) is 29.1 Å². The monoisotopic (exact) mass is 341 g/mol. The zero-order valence-electron chi connectivity index (χ0n) is 12.4. The molecule has 1 amide bonds. The number of nitrogens with zero attached hydrogens (tertiary/aromatic N) is 2. The molecule has 5 nitrogen and oxygen atoms in total. The van der Waals surface area contributed by atoms with Gasteiger partial charge in [-0.1, -0.05) is 23.2 Å². The molecule has 0 aliphatic carbocycles. The summed E-state index contributed by atoms with van der Waals surface area (Å²) < 4.78 is 6.93. The maximum atomic E-state index is 12.2. The van der Waals surface area contributed by atoms with E-state index in [0.717, 1.165) is 12.1 Å². The maximum Gasteiger partial charge on any atom is 0.255 e. The number of nitrogens with one attached hydrogen (secondary N) is 1. The molecule has 0 radical (unpaired) electrons. The largest absolute Gasteiger partial charge is 0.496 e. The number of methoxy groups -OCH3 is 1. The molecule has 1 heterocycles. The van der Waals surface area contributed by atoms with Gasteiger partial charge in [-0.25, -0.2) is 0 Å². The Morgan fingerprint density at radius 2 is 2.18 bits per heavy atom. The molecule has 1 N–H and O–H groups in total. The fourth-order valence-electron chi connectivity index (χ4n) is 2.00. The second-order valence-electron chi connectivity index (χ2n) is 4.78. The molecule has 7 heteroatoms. The predicted molar refractivity (Wildman–Crippen MR) is 86.9 cm³/mol. The number of aromatic nitrogens is 2. The smallest absolute Gasteiger partial charge is 0.255 e. The van der Waals surface area contributed by atoms with Crippen molar-refractivity contribution in [1.29, 1.82) is 0 Å². The summed E-state index contributed by atoms with van der Waals surface area (Å²) in [7, 11) is 1.52. The van der Waals surface area contributed by atoms with Gasteiger partial charge in [-0.05, 0) is 31.5 Å². The molecule has 1 aromatic heterocycles. The van der Waals surface area contributed by atoms with Gasteiger partial charge >= 0.3 is 0 Å². The highest BCUT2D eigenvalue weighted by atomic mass is 35.5. The first kappa shape index (κ1) is 16.6. The first-order valence-corrected chi connectivity index (χ1v) is 7.58. The average Bonchev–Trinajstić information content (AvgIpc) is 2.82. The van der Waals surface area contributed by atoms with Crippen molar-refractivity contribution >= 4 is 29.1 Å². The Hall–Kier alpha value is -1.72. The van der Waals surface area contributed by atoms with Gasteiger partial charge in [0.05, 0.1) is 23.4 Å². The van der Waals surface area contributed by atoms with Crippen LogP contribution >= 0.6 is 23.2 Å². The molecule has 0 unspecified atom stereocenters. The number of carbonyl (C=O) groups is 1. The number of amides is 1. The molecule has 0 saturated carbocycles. The van der Waals surface area contributed by atoms with E-state index in [1.165, 1.54) is 7.11 Å². The van der Waals surface area contributed by atoms with Gasteiger partial charge < -0.3 is 10.1 Å². The van der Waals surface area contributed by atoms with Crippen LogP contribution in [-0.2, 0) is 6.54 Å². The number of hydrogen-bond acceptors (Lipinski definition) is 3. The summed E-state index contributed by atoms with van der Waals surface area (Å²) in [6.45, 7) is 3.05. The van der Waals surface area contributed by atoms with E-state index in [4.69, 9.17) is 27.9 Å². The average molecular weight is 342 g/mol. The van der Waals surface area contributed by atoms with E-state index < -0.39 is 0 Å². The highest BCUT2D eigenvalue weighted by Crippen LogP contribution is 2.22. The Kier molecular flexibility index (Phi) is 5.69. The number of rotatable bonds is 6. The quantitative estimate of drug-likeness (QED) is 0.820. The van der Waals surface area contributed by atoms with Crippen molar-refractivity contribution in [3.63, 3.8) is 0 Å². The van der Waals surface area contributed by atoms with Crippen LogP contribution in [0, 0.1) is 6.92 Å². The molecule has 22 heavy (non-hydrogen) atoms. The van der Waals surface area contributed by atoms with E-state index in [-0.39, 0.29) is 5.91 Å². The molecule has 2 rings (SSSR count). The number of ether oxygens (including phenoxy) is 1. The Morgan fingerprint density at radius 3 is 2.82 bits per heavy atom. The van der Waals surface area contributed by atoms with Crippen molar-refractivity contribution in [1.82, 2.24) is 15.1 Å². The van der Waals surface area contributed by atoms with Gasteiger partial charge in [0.2, 0.25) is 0 Å². The standard InChI is InChI=1S/C15H17Cl2N3O2/c1-10-13(17)9-20(19-10)7-3-6-18-15(21)12-8-11(16)4-5-14(12)22-2/h4-5,8-9H,3,6-7H2,1-2H3,(H,18,21). The van der Waals surface area contributed by atoms with Gasteiger partial charge in [0.1, 0.15) is 5.75 Å². The van der Waals surface area contributed by atoms with Crippen LogP contribution in [0.25, 0.3) is 0 Å². The zero-order valence-corrected chi connectivity index (χ0v) is 13.9. The Bertz CT molecular complexity index is 651. The van der Waals surface area contributed by atoms with Crippen molar-refractivity contribution in [2.45, 2.75) is 19.9 Å². The van der Waals surface area contributed by atoms with Crippen molar-refractivity contribution in [2.24, 2.45) is 0 Å². The second kappa shape index (κ2) is 7.51. The minimum atomic E-state index is -0.214.